The van der Waals surface area contributed by atoms with Crippen molar-refractivity contribution < 1.29 is 31.4 Å². The molecule has 12 heteroatoms. The maximum atomic E-state index is 13.0. The third-order valence-corrected chi connectivity index (χ3v) is 3.67. The second-order valence-electron chi connectivity index (χ2n) is 4.58. The zero-order valence-corrected chi connectivity index (χ0v) is 14.3. The normalized spacial score (nSPS) is 12.2. The molecule has 0 saturated carbocycles. The first-order valence-corrected chi connectivity index (χ1v) is 8.07. The van der Waals surface area contributed by atoms with Gasteiger partial charge in [-0.15, -0.1) is 10.2 Å². The molecule has 0 spiro atoms. The summed E-state index contributed by atoms with van der Waals surface area (Å²) in [5, 5.41) is 10.3. The Morgan fingerprint density at radius 2 is 2.00 bits per heavy atom. The number of ether oxygens (including phenoxy) is 2. The van der Waals surface area contributed by atoms with E-state index in [-0.39, 0.29) is 16.7 Å². The maximum absolute atomic E-state index is 13.0. The second-order valence-corrected chi connectivity index (χ2v) is 5.81. The summed E-state index contributed by atoms with van der Waals surface area (Å²) in [4.78, 5) is 0. The zero-order chi connectivity index (χ0) is 19.3. The van der Waals surface area contributed by atoms with Crippen molar-refractivity contribution in [3.05, 3.63) is 29.6 Å². The fourth-order valence-corrected chi connectivity index (χ4v) is 2.46. The summed E-state index contributed by atoms with van der Waals surface area (Å²) in [6.45, 7) is -1.30. The average Bonchev–Trinajstić information content (AvgIpc) is 2.97. The fraction of sp³-hybridized carbons (Fsp3) is 0.357. The van der Waals surface area contributed by atoms with Gasteiger partial charge in [-0.2, -0.15) is 31.7 Å². The summed E-state index contributed by atoms with van der Waals surface area (Å²) in [7, 11) is 1.24. The van der Waals surface area contributed by atoms with Crippen LogP contribution < -0.4 is 9.47 Å². The smallest absolute Gasteiger partial charge is 0.453 e. The van der Waals surface area contributed by atoms with Crippen molar-refractivity contribution in [1.29, 1.82) is 0 Å². The highest BCUT2D eigenvalue weighted by Gasteiger charge is 2.38. The predicted molar refractivity (Wildman–Crippen MR) is 84.0 cm³/mol. The molecular formula is C14H13F5N4O2S. The lowest BCUT2D eigenvalue weighted by Gasteiger charge is -2.10. The summed E-state index contributed by atoms with van der Waals surface area (Å²) < 4.78 is 73.4. The van der Waals surface area contributed by atoms with Gasteiger partial charge in [0.25, 0.3) is 5.82 Å². The molecule has 0 saturated heterocycles. The fourth-order valence-electron chi connectivity index (χ4n) is 1.85. The number of methoxy groups -OCH3 is 1. The van der Waals surface area contributed by atoms with Gasteiger partial charge in [-0.05, 0) is 29.5 Å². The molecule has 0 amide bonds. The molecular weight excluding hydrogens is 383 g/mol. The van der Waals surface area contributed by atoms with Crippen LogP contribution in [0.4, 0.5) is 22.0 Å². The molecule has 0 unspecified atom stereocenters. The molecule has 0 radical (unpaired) electrons. The summed E-state index contributed by atoms with van der Waals surface area (Å²) in [5.41, 5.74) is 0.303. The van der Waals surface area contributed by atoms with Crippen LogP contribution in [0.15, 0.2) is 28.5 Å². The van der Waals surface area contributed by atoms with E-state index in [4.69, 9.17) is 4.74 Å². The van der Waals surface area contributed by atoms with Gasteiger partial charge in [0.05, 0.1) is 13.3 Å². The van der Waals surface area contributed by atoms with Gasteiger partial charge in [-0.25, -0.2) is 0 Å². The van der Waals surface area contributed by atoms with Crippen LogP contribution in [-0.4, -0.2) is 40.6 Å². The van der Waals surface area contributed by atoms with Crippen LogP contribution in [0.1, 0.15) is 18.3 Å². The Bertz CT molecular complexity index is 779. The second kappa shape index (κ2) is 8.34. The third kappa shape index (κ3) is 4.84. The Labute approximate surface area is 149 Å². The van der Waals surface area contributed by atoms with Gasteiger partial charge in [-0.1, -0.05) is 18.7 Å². The van der Waals surface area contributed by atoms with Crippen LogP contribution in [0, 0.1) is 0 Å². The van der Waals surface area contributed by atoms with E-state index >= 15 is 0 Å². The van der Waals surface area contributed by atoms with Gasteiger partial charge in [0.1, 0.15) is 0 Å². The van der Waals surface area contributed by atoms with Crippen LogP contribution in [0.3, 0.4) is 0 Å². The van der Waals surface area contributed by atoms with E-state index in [2.05, 4.69) is 20.0 Å². The number of rotatable bonds is 7. The Morgan fingerprint density at radius 3 is 2.58 bits per heavy atom. The van der Waals surface area contributed by atoms with Gasteiger partial charge in [0.15, 0.2) is 11.5 Å². The monoisotopic (exact) mass is 396 g/mol. The highest BCUT2D eigenvalue weighted by atomic mass is 32.2. The molecule has 142 valence electrons. The maximum Gasteiger partial charge on any atom is 0.453 e. The van der Waals surface area contributed by atoms with E-state index in [0.717, 1.165) is 18.0 Å². The Kier molecular flexibility index (Phi) is 6.40. The minimum atomic E-state index is -4.73. The molecule has 2 aromatic rings. The summed E-state index contributed by atoms with van der Waals surface area (Å²) >= 11 is 1.04. The molecule has 1 heterocycles. The number of hydrogen-bond donors (Lipinski definition) is 0. The molecule has 0 bridgehead atoms. The highest BCUT2D eigenvalue weighted by Crippen LogP contribution is 2.31. The van der Waals surface area contributed by atoms with Gasteiger partial charge in [-0.3, -0.25) is 0 Å². The molecule has 0 atom stereocenters. The Morgan fingerprint density at radius 1 is 1.27 bits per heavy atom. The van der Waals surface area contributed by atoms with Gasteiger partial charge >= 0.3 is 12.8 Å². The van der Waals surface area contributed by atoms with Crippen LogP contribution >= 0.6 is 11.8 Å². The summed E-state index contributed by atoms with van der Waals surface area (Å²) in [5.74, 6) is -1.02. The quantitative estimate of drug-likeness (QED) is 0.404. The lowest BCUT2D eigenvalue weighted by atomic mass is 10.2. The van der Waals surface area contributed by atoms with E-state index in [1.54, 1.807) is 6.92 Å². The molecule has 1 aromatic carbocycles. The first-order valence-electron chi connectivity index (χ1n) is 7.08. The van der Waals surface area contributed by atoms with E-state index in [9.17, 15) is 22.0 Å². The molecule has 0 N–H and O–H groups in total. The van der Waals surface area contributed by atoms with Crippen molar-refractivity contribution >= 4 is 18.0 Å². The standard InChI is InChI=1S/C14H13F5N4O2S/c1-3-26-13-22-21-11(14(17,18)19)23(13)20-7-8-4-5-9(25-12(15)16)10(6-8)24-2/h4-7,12H,3H2,1-2H3/b20-7-. The van der Waals surface area contributed by atoms with E-state index in [1.807, 2.05) is 0 Å². The van der Waals surface area contributed by atoms with E-state index in [0.29, 0.717) is 16.0 Å². The lowest BCUT2D eigenvalue weighted by molar-refractivity contribution is -0.147. The largest absolute Gasteiger partial charge is 0.493 e. The minimum Gasteiger partial charge on any atom is -0.493 e. The van der Waals surface area contributed by atoms with Crippen LogP contribution in [0.25, 0.3) is 0 Å². The van der Waals surface area contributed by atoms with Gasteiger partial charge < -0.3 is 9.47 Å². The van der Waals surface area contributed by atoms with Crippen molar-refractivity contribution in [2.45, 2.75) is 24.9 Å². The number of aromatic nitrogens is 3. The molecule has 6 nitrogen and oxygen atoms in total. The van der Waals surface area contributed by atoms with Crippen LogP contribution in [-0.2, 0) is 6.18 Å². The predicted octanol–water partition coefficient (Wildman–Crippen LogP) is 3.90. The number of nitrogens with zero attached hydrogens (tertiary/aromatic N) is 4. The van der Waals surface area contributed by atoms with Crippen molar-refractivity contribution in [3.63, 3.8) is 0 Å². The van der Waals surface area contributed by atoms with Gasteiger partial charge in [0, 0.05) is 0 Å². The third-order valence-electron chi connectivity index (χ3n) is 2.87. The molecule has 2 rings (SSSR count). The average molecular weight is 396 g/mol. The first kappa shape index (κ1) is 19.9. The SMILES string of the molecule is CCSc1nnc(C(F)(F)F)n1/N=C\c1ccc(OC(F)F)c(OC)c1. The summed E-state index contributed by atoms with van der Waals surface area (Å²) in [6, 6.07) is 3.84. The summed E-state index contributed by atoms with van der Waals surface area (Å²) in [6.07, 6.45) is -3.63. The zero-order valence-electron chi connectivity index (χ0n) is 13.5. The van der Waals surface area contributed by atoms with Crippen LogP contribution in [0.5, 0.6) is 11.5 Å². The number of alkyl halides is 5. The number of benzene rings is 1. The van der Waals surface area contributed by atoms with Crippen molar-refractivity contribution in [3.8, 4) is 11.5 Å². The topological polar surface area (TPSA) is 61.5 Å². The molecule has 0 aliphatic heterocycles. The van der Waals surface area contributed by atoms with E-state index in [1.165, 1.54) is 25.3 Å². The van der Waals surface area contributed by atoms with Crippen molar-refractivity contribution in [2.75, 3.05) is 12.9 Å². The number of thioether (sulfide) groups is 1. The molecule has 0 aliphatic rings. The van der Waals surface area contributed by atoms with Gasteiger partial charge in [0.2, 0.25) is 5.16 Å². The minimum absolute atomic E-state index is 0.0165. The Hall–Kier alpha value is -2.37. The van der Waals surface area contributed by atoms with Crippen LogP contribution in [0.2, 0.25) is 0 Å². The lowest BCUT2D eigenvalue weighted by Crippen LogP contribution is -2.13. The van der Waals surface area contributed by atoms with E-state index < -0.39 is 18.6 Å². The molecule has 0 aliphatic carbocycles. The molecule has 0 fully saturated rings. The van der Waals surface area contributed by atoms with Crippen molar-refractivity contribution in [2.24, 2.45) is 5.10 Å². The Balaban J connectivity index is 2.36. The highest BCUT2D eigenvalue weighted by molar-refractivity contribution is 7.99. The number of halogens is 5. The molecule has 1 aromatic heterocycles. The number of hydrogen-bond acceptors (Lipinski definition) is 6. The molecule has 26 heavy (non-hydrogen) atoms. The first-order chi connectivity index (χ1) is 12.3. The van der Waals surface area contributed by atoms with Crippen molar-refractivity contribution in [1.82, 2.24) is 14.9 Å².